The van der Waals surface area contributed by atoms with Crippen LogP contribution in [0.1, 0.15) is 122 Å². The summed E-state index contributed by atoms with van der Waals surface area (Å²) in [5.74, 6) is -1.58. The van der Waals surface area contributed by atoms with Crippen LogP contribution in [0.15, 0.2) is 24.3 Å². The van der Waals surface area contributed by atoms with Gasteiger partial charge in [-0.05, 0) is 43.0 Å². The van der Waals surface area contributed by atoms with E-state index in [2.05, 4.69) is 13.8 Å². The van der Waals surface area contributed by atoms with Crippen LogP contribution in [-0.2, 0) is 33.3 Å². The fourth-order valence-electron chi connectivity index (χ4n) is 6.26. The van der Waals surface area contributed by atoms with Gasteiger partial charge in [0.2, 0.25) is 6.29 Å². The molecule has 2 heterocycles. The Morgan fingerprint density at radius 3 is 2.21 bits per heavy atom. The summed E-state index contributed by atoms with van der Waals surface area (Å²) < 4.78 is 30.5. The third-order valence-corrected chi connectivity index (χ3v) is 8.66. The SMILES string of the molecule is CCCCCCCC[C@@H]1O[C@H]2[C@H](OC(=O)/C=C/c3ccc(O)c(O)c3)C[C@]3(C[C@H]2O1)O[C@@H](CCCCCCCC)OC3=O. The Hall–Kier alpha value is -2.62. The zero-order valence-corrected chi connectivity index (χ0v) is 25.8. The second-order valence-electron chi connectivity index (χ2n) is 12.2. The summed E-state index contributed by atoms with van der Waals surface area (Å²) in [5, 5.41) is 19.3. The molecule has 240 valence electrons. The molecule has 1 saturated carbocycles. The molecule has 3 aliphatic rings. The average Bonchev–Trinajstić information content (AvgIpc) is 3.53. The van der Waals surface area contributed by atoms with Crippen molar-refractivity contribution in [2.75, 3.05) is 0 Å². The fourth-order valence-corrected chi connectivity index (χ4v) is 6.26. The summed E-state index contributed by atoms with van der Waals surface area (Å²) in [7, 11) is 0. The quantitative estimate of drug-likeness (QED) is 0.0835. The standard InChI is InChI=1S/C34H50O9/c1-3-5-7-9-11-13-15-30-40-28-23-34(33(38)42-31(43-34)16-14-12-10-8-6-4-2)22-27(32(28)41-30)39-29(37)20-18-24-17-19-25(35)26(36)21-24/h17-21,27-28,30-32,35-36H,3-16,22-23H2,1-2H3/b20-18+/t27-,28-,30+,31+,32+,34-/m1/s1. The third-order valence-electron chi connectivity index (χ3n) is 8.66. The van der Waals surface area contributed by atoms with Crippen LogP contribution in [0.3, 0.4) is 0 Å². The zero-order valence-electron chi connectivity index (χ0n) is 25.8. The van der Waals surface area contributed by atoms with Crippen molar-refractivity contribution in [3.63, 3.8) is 0 Å². The number of phenols is 2. The summed E-state index contributed by atoms with van der Waals surface area (Å²) >= 11 is 0. The number of aromatic hydroxyl groups is 2. The number of benzene rings is 1. The molecule has 0 amide bonds. The molecule has 3 fully saturated rings. The van der Waals surface area contributed by atoms with Crippen molar-refractivity contribution in [2.45, 2.75) is 153 Å². The van der Waals surface area contributed by atoms with E-state index in [1.54, 1.807) is 6.07 Å². The number of esters is 2. The van der Waals surface area contributed by atoms with E-state index in [-0.39, 0.29) is 17.9 Å². The van der Waals surface area contributed by atoms with Gasteiger partial charge in [-0.1, -0.05) is 84.1 Å². The molecule has 6 atom stereocenters. The molecule has 4 rings (SSSR count). The van der Waals surface area contributed by atoms with Gasteiger partial charge in [0.05, 0.1) is 6.10 Å². The summed E-state index contributed by atoms with van der Waals surface area (Å²) in [6, 6.07) is 4.25. The molecule has 0 bridgehead atoms. The second-order valence-corrected chi connectivity index (χ2v) is 12.2. The van der Waals surface area contributed by atoms with Crippen LogP contribution >= 0.6 is 0 Å². The van der Waals surface area contributed by atoms with Gasteiger partial charge in [0.1, 0.15) is 12.2 Å². The van der Waals surface area contributed by atoms with E-state index in [9.17, 15) is 19.8 Å². The molecule has 9 heteroatoms. The minimum Gasteiger partial charge on any atom is -0.504 e. The van der Waals surface area contributed by atoms with Gasteiger partial charge in [0.25, 0.3) is 0 Å². The Balaban J connectivity index is 1.39. The van der Waals surface area contributed by atoms with Crippen LogP contribution in [0.2, 0.25) is 0 Å². The molecule has 1 aromatic rings. The van der Waals surface area contributed by atoms with Crippen LogP contribution in [0.5, 0.6) is 11.5 Å². The maximum absolute atomic E-state index is 13.3. The van der Waals surface area contributed by atoms with Crippen molar-refractivity contribution in [1.29, 1.82) is 0 Å². The molecule has 43 heavy (non-hydrogen) atoms. The largest absolute Gasteiger partial charge is 0.504 e. The van der Waals surface area contributed by atoms with E-state index in [1.165, 1.54) is 69.2 Å². The Morgan fingerprint density at radius 2 is 1.53 bits per heavy atom. The predicted octanol–water partition coefficient (Wildman–Crippen LogP) is 7.07. The van der Waals surface area contributed by atoms with Gasteiger partial charge >= 0.3 is 11.9 Å². The number of fused-ring (bicyclic) bond motifs is 1. The first kappa shape index (κ1) is 33.3. The highest BCUT2D eigenvalue weighted by Crippen LogP contribution is 2.45. The molecule has 9 nitrogen and oxygen atoms in total. The van der Waals surface area contributed by atoms with Gasteiger partial charge in [0, 0.05) is 25.3 Å². The van der Waals surface area contributed by atoms with Crippen LogP contribution in [0, 0.1) is 0 Å². The lowest BCUT2D eigenvalue weighted by atomic mass is 9.79. The molecule has 2 aliphatic heterocycles. The molecule has 0 unspecified atom stereocenters. The highest BCUT2D eigenvalue weighted by molar-refractivity contribution is 5.87. The normalized spacial score (nSPS) is 28.4. The summed E-state index contributed by atoms with van der Waals surface area (Å²) in [6.07, 6.45) is 15.5. The van der Waals surface area contributed by atoms with E-state index in [1.807, 2.05) is 0 Å². The monoisotopic (exact) mass is 602 g/mol. The van der Waals surface area contributed by atoms with E-state index < -0.39 is 48.4 Å². The molecule has 0 aromatic heterocycles. The smallest absolute Gasteiger partial charge is 0.341 e. The van der Waals surface area contributed by atoms with E-state index in [4.69, 9.17) is 23.7 Å². The van der Waals surface area contributed by atoms with Crippen LogP contribution in [0.4, 0.5) is 0 Å². The lowest BCUT2D eigenvalue weighted by Gasteiger charge is -2.39. The van der Waals surface area contributed by atoms with Crippen LogP contribution in [0.25, 0.3) is 6.08 Å². The predicted molar refractivity (Wildman–Crippen MR) is 161 cm³/mol. The Labute approximate surface area is 255 Å². The van der Waals surface area contributed by atoms with Gasteiger partial charge in [-0.2, -0.15) is 0 Å². The van der Waals surface area contributed by atoms with Crippen LogP contribution in [-0.4, -0.2) is 58.6 Å². The maximum atomic E-state index is 13.3. The number of hydrogen-bond acceptors (Lipinski definition) is 9. The number of carbonyl (C=O) groups is 2. The van der Waals surface area contributed by atoms with Gasteiger partial charge < -0.3 is 33.9 Å². The maximum Gasteiger partial charge on any atom is 0.341 e. The van der Waals surface area contributed by atoms with Crippen molar-refractivity contribution in [2.24, 2.45) is 0 Å². The van der Waals surface area contributed by atoms with Crippen molar-refractivity contribution in [3.05, 3.63) is 29.8 Å². The molecule has 1 spiro atoms. The third kappa shape index (κ3) is 9.43. The lowest BCUT2D eigenvalue weighted by molar-refractivity contribution is -0.176. The molecule has 2 N–H and O–H groups in total. The molecule has 2 saturated heterocycles. The molecular weight excluding hydrogens is 552 g/mol. The number of phenolic OH excluding ortho intramolecular Hbond substituents is 2. The number of unbranched alkanes of at least 4 members (excludes halogenated alkanes) is 10. The zero-order chi connectivity index (χ0) is 30.7. The van der Waals surface area contributed by atoms with E-state index in [0.29, 0.717) is 18.4 Å². The fraction of sp³-hybridized carbons (Fsp3) is 0.706. The lowest BCUT2D eigenvalue weighted by Crippen LogP contribution is -2.55. The Morgan fingerprint density at radius 1 is 0.884 bits per heavy atom. The number of rotatable bonds is 17. The second kappa shape index (κ2) is 16.5. The first-order valence-electron chi connectivity index (χ1n) is 16.4. The number of ether oxygens (including phenoxy) is 5. The van der Waals surface area contributed by atoms with Crippen molar-refractivity contribution >= 4 is 18.0 Å². The van der Waals surface area contributed by atoms with Gasteiger partial charge in [-0.25, -0.2) is 9.59 Å². The van der Waals surface area contributed by atoms with Crippen molar-refractivity contribution < 1.29 is 43.5 Å². The number of carbonyl (C=O) groups excluding carboxylic acids is 2. The minimum atomic E-state index is -1.25. The Bertz CT molecular complexity index is 1070. The Kier molecular flexibility index (Phi) is 12.7. The highest BCUT2D eigenvalue weighted by atomic mass is 16.8. The molecule has 1 aromatic carbocycles. The highest BCUT2D eigenvalue weighted by Gasteiger charge is 2.61. The number of hydrogen-bond donors (Lipinski definition) is 2. The first-order chi connectivity index (χ1) is 20.8. The summed E-state index contributed by atoms with van der Waals surface area (Å²) in [5.41, 5.74) is -0.728. The summed E-state index contributed by atoms with van der Waals surface area (Å²) in [6.45, 7) is 4.39. The minimum absolute atomic E-state index is 0.132. The topological polar surface area (TPSA) is 121 Å². The molecular formula is C34H50O9. The van der Waals surface area contributed by atoms with Crippen molar-refractivity contribution in [3.8, 4) is 11.5 Å². The van der Waals surface area contributed by atoms with Gasteiger partial charge in [-0.3, -0.25) is 0 Å². The van der Waals surface area contributed by atoms with Gasteiger partial charge in [0.15, 0.2) is 23.4 Å². The van der Waals surface area contributed by atoms with Crippen molar-refractivity contribution in [1.82, 2.24) is 0 Å². The summed E-state index contributed by atoms with van der Waals surface area (Å²) in [4.78, 5) is 26.2. The molecule has 1 aliphatic carbocycles. The number of cyclic esters (lactones) is 1. The van der Waals surface area contributed by atoms with E-state index in [0.717, 1.165) is 38.5 Å². The average molecular weight is 603 g/mol. The molecule has 0 radical (unpaired) electrons. The van der Waals surface area contributed by atoms with Gasteiger partial charge in [-0.15, -0.1) is 0 Å². The van der Waals surface area contributed by atoms with Crippen LogP contribution < -0.4 is 0 Å². The van der Waals surface area contributed by atoms with E-state index >= 15 is 0 Å². The first-order valence-corrected chi connectivity index (χ1v) is 16.4.